The number of hydrogen-bond donors (Lipinski definition) is 1. The van der Waals surface area contributed by atoms with Gasteiger partial charge in [-0.1, -0.05) is 31.5 Å². The van der Waals surface area contributed by atoms with Gasteiger partial charge in [0.2, 0.25) is 0 Å². The predicted octanol–water partition coefficient (Wildman–Crippen LogP) is 4.74. The number of unbranched alkanes of at least 4 members (excludes halogenated alkanes) is 1. The first kappa shape index (κ1) is 17.9. The van der Waals surface area contributed by atoms with Crippen LogP contribution < -0.4 is 14.8 Å². The Bertz CT molecular complexity index is 690. The van der Waals surface area contributed by atoms with E-state index in [4.69, 9.17) is 9.47 Å². The highest BCUT2D eigenvalue weighted by Gasteiger charge is 2.13. The first-order valence-corrected chi connectivity index (χ1v) is 8.25. The van der Waals surface area contributed by atoms with E-state index in [-0.39, 0.29) is 5.91 Å². The molecule has 0 saturated heterocycles. The first-order valence-electron chi connectivity index (χ1n) is 8.25. The van der Waals surface area contributed by atoms with Gasteiger partial charge in [0.1, 0.15) is 0 Å². The number of benzene rings is 2. The Balaban J connectivity index is 2.18. The molecule has 0 unspecified atom stereocenters. The van der Waals surface area contributed by atoms with Gasteiger partial charge in [-0.15, -0.1) is 0 Å². The zero-order valence-electron chi connectivity index (χ0n) is 14.8. The second-order valence-corrected chi connectivity index (χ2v) is 5.79. The number of amides is 1. The normalized spacial score (nSPS) is 10.3. The number of carbonyl (C=O) groups excluding carboxylic acids is 1. The number of hydrogen-bond acceptors (Lipinski definition) is 3. The largest absolute Gasteiger partial charge is 0.493 e. The van der Waals surface area contributed by atoms with Crippen molar-refractivity contribution in [1.82, 2.24) is 0 Å². The van der Waals surface area contributed by atoms with Crippen LogP contribution in [0.4, 0.5) is 5.69 Å². The second kappa shape index (κ2) is 8.39. The molecule has 1 N–H and O–H groups in total. The van der Waals surface area contributed by atoms with Gasteiger partial charge in [0.05, 0.1) is 13.7 Å². The highest BCUT2D eigenvalue weighted by atomic mass is 16.5. The minimum absolute atomic E-state index is 0.161. The standard InChI is InChI=1S/C20H25NO3/c1-5-6-12-24-17-11-10-16(13-18(17)23-4)20(22)21-19-14(2)8-7-9-15(19)3/h7-11,13H,5-6,12H2,1-4H3,(H,21,22). The molecule has 0 aliphatic heterocycles. The Morgan fingerprint density at radius 3 is 2.42 bits per heavy atom. The van der Waals surface area contributed by atoms with Crippen molar-refractivity contribution in [2.45, 2.75) is 33.6 Å². The number of para-hydroxylation sites is 1. The molecule has 0 spiro atoms. The van der Waals surface area contributed by atoms with Gasteiger partial charge < -0.3 is 14.8 Å². The van der Waals surface area contributed by atoms with E-state index in [1.54, 1.807) is 25.3 Å². The average molecular weight is 327 g/mol. The van der Waals surface area contributed by atoms with Crippen LogP contribution in [0.2, 0.25) is 0 Å². The zero-order chi connectivity index (χ0) is 17.5. The van der Waals surface area contributed by atoms with E-state index in [0.717, 1.165) is 29.7 Å². The predicted molar refractivity (Wildman–Crippen MR) is 97.3 cm³/mol. The first-order chi connectivity index (χ1) is 11.6. The van der Waals surface area contributed by atoms with Crippen LogP contribution >= 0.6 is 0 Å². The van der Waals surface area contributed by atoms with Crippen molar-refractivity contribution in [2.24, 2.45) is 0 Å². The minimum Gasteiger partial charge on any atom is -0.493 e. The molecule has 0 aromatic heterocycles. The Kier molecular flexibility index (Phi) is 6.24. The average Bonchev–Trinajstić information content (AvgIpc) is 2.58. The van der Waals surface area contributed by atoms with Gasteiger partial charge in [0.15, 0.2) is 11.5 Å². The number of methoxy groups -OCH3 is 1. The molecule has 2 aromatic carbocycles. The summed E-state index contributed by atoms with van der Waals surface area (Å²) in [6.45, 7) is 6.71. The number of rotatable bonds is 7. The Hall–Kier alpha value is -2.49. The van der Waals surface area contributed by atoms with Crippen molar-refractivity contribution in [3.63, 3.8) is 0 Å². The van der Waals surface area contributed by atoms with Gasteiger partial charge in [-0.2, -0.15) is 0 Å². The third-order valence-corrected chi connectivity index (χ3v) is 3.90. The van der Waals surface area contributed by atoms with Gasteiger partial charge in [-0.25, -0.2) is 0 Å². The van der Waals surface area contributed by atoms with Crippen molar-refractivity contribution in [2.75, 3.05) is 19.0 Å². The number of nitrogens with one attached hydrogen (secondary N) is 1. The van der Waals surface area contributed by atoms with Crippen LogP contribution in [0.15, 0.2) is 36.4 Å². The Morgan fingerprint density at radius 1 is 1.08 bits per heavy atom. The molecular weight excluding hydrogens is 302 g/mol. The summed E-state index contributed by atoms with van der Waals surface area (Å²) in [5.74, 6) is 1.07. The van der Waals surface area contributed by atoms with E-state index < -0.39 is 0 Å². The molecule has 0 atom stereocenters. The molecule has 0 radical (unpaired) electrons. The van der Waals surface area contributed by atoms with E-state index in [2.05, 4.69) is 12.2 Å². The van der Waals surface area contributed by atoms with Gasteiger partial charge in [0.25, 0.3) is 5.91 Å². The maximum absolute atomic E-state index is 12.6. The molecular formula is C20H25NO3. The molecule has 0 bridgehead atoms. The van der Waals surface area contributed by atoms with Crippen molar-refractivity contribution in [1.29, 1.82) is 0 Å². The topological polar surface area (TPSA) is 47.6 Å². The van der Waals surface area contributed by atoms with Crippen LogP contribution in [-0.4, -0.2) is 19.6 Å². The molecule has 4 nitrogen and oxygen atoms in total. The molecule has 24 heavy (non-hydrogen) atoms. The molecule has 2 rings (SSSR count). The second-order valence-electron chi connectivity index (χ2n) is 5.79. The third-order valence-electron chi connectivity index (χ3n) is 3.90. The number of aryl methyl sites for hydroxylation is 2. The molecule has 0 heterocycles. The fraction of sp³-hybridized carbons (Fsp3) is 0.350. The van der Waals surface area contributed by atoms with E-state index in [1.165, 1.54) is 0 Å². The van der Waals surface area contributed by atoms with Crippen molar-refractivity contribution >= 4 is 11.6 Å². The van der Waals surface area contributed by atoms with E-state index >= 15 is 0 Å². The Labute approximate surface area is 143 Å². The molecule has 128 valence electrons. The van der Waals surface area contributed by atoms with Crippen LogP contribution in [0.5, 0.6) is 11.5 Å². The van der Waals surface area contributed by atoms with Crippen LogP contribution in [0.3, 0.4) is 0 Å². The van der Waals surface area contributed by atoms with Crippen LogP contribution in [0.1, 0.15) is 41.3 Å². The highest BCUT2D eigenvalue weighted by Crippen LogP contribution is 2.29. The van der Waals surface area contributed by atoms with E-state index in [9.17, 15) is 4.79 Å². The summed E-state index contributed by atoms with van der Waals surface area (Å²) in [4.78, 5) is 12.6. The summed E-state index contributed by atoms with van der Waals surface area (Å²) < 4.78 is 11.1. The Morgan fingerprint density at radius 2 is 1.79 bits per heavy atom. The monoisotopic (exact) mass is 327 g/mol. The zero-order valence-corrected chi connectivity index (χ0v) is 14.8. The fourth-order valence-corrected chi connectivity index (χ4v) is 2.45. The van der Waals surface area contributed by atoms with E-state index in [1.807, 2.05) is 32.0 Å². The summed E-state index contributed by atoms with van der Waals surface area (Å²) in [5.41, 5.74) is 3.46. The van der Waals surface area contributed by atoms with Crippen LogP contribution in [0, 0.1) is 13.8 Å². The lowest BCUT2D eigenvalue weighted by Crippen LogP contribution is -2.14. The van der Waals surface area contributed by atoms with Gasteiger partial charge >= 0.3 is 0 Å². The molecule has 0 aliphatic rings. The van der Waals surface area contributed by atoms with Crippen LogP contribution in [-0.2, 0) is 0 Å². The van der Waals surface area contributed by atoms with Crippen LogP contribution in [0.25, 0.3) is 0 Å². The maximum atomic E-state index is 12.6. The lowest BCUT2D eigenvalue weighted by molar-refractivity contribution is 0.102. The SMILES string of the molecule is CCCCOc1ccc(C(=O)Nc2c(C)cccc2C)cc1OC. The van der Waals surface area contributed by atoms with Gasteiger partial charge in [-0.3, -0.25) is 4.79 Å². The summed E-state index contributed by atoms with van der Waals surface area (Å²) in [7, 11) is 1.58. The number of ether oxygens (including phenoxy) is 2. The van der Waals surface area contributed by atoms with E-state index in [0.29, 0.717) is 23.7 Å². The van der Waals surface area contributed by atoms with Crippen molar-refractivity contribution in [3.8, 4) is 11.5 Å². The van der Waals surface area contributed by atoms with Gasteiger partial charge in [-0.05, 0) is 49.6 Å². The molecule has 2 aromatic rings. The quantitative estimate of drug-likeness (QED) is 0.747. The molecule has 0 aliphatic carbocycles. The summed E-state index contributed by atoms with van der Waals surface area (Å²) in [5, 5.41) is 2.98. The van der Waals surface area contributed by atoms with Crippen molar-refractivity contribution < 1.29 is 14.3 Å². The number of anilines is 1. The fourth-order valence-electron chi connectivity index (χ4n) is 2.45. The lowest BCUT2D eigenvalue weighted by atomic mass is 10.1. The molecule has 1 amide bonds. The molecule has 0 fully saturated rings. The summed E-state index contributed by atoms with van der Waals surface area (Å²) in [6.07, 6.45) is 2.05. The van der Waals surface area contributed by atoms with Crippen molar-refractivity contribution in [3.05, 3.63) is 53.1 Å². The van der Waals surface area contributed by atoms with Gasteiger partial charge in [0, 0.05) is 11.3 Å². The smallest absolute Gasteiger partial charge is 0.255 e. The highest BCUT2D eigenvalue weighted by molar-refractivity contribution is 6.05. The minimum atomic E-state index is -0.161. The summed E-state index contributed by atoms with van der Waals surface area (Å²) in [6, 6.07) is 11.2. The third kappa shape index (κ3) is 4.28. The molecule has 4 heteroatoms. The lowest BCUT2D eigenvalue weighted by Gasteiger charge is -2.14. The maximum Gasteiger partial charge on any atom is 0.255 e. The number of carbonyl (C=O) groups is 1. The molecule has 0 saturated carbocycles. The summed E-state index contributed by atoms with van der Waals surface area (Å²) >= 11 is 0.